The fraction of sp³-hybridized carbons (Fsp3) is 0.417. The number of anilines is 1. The van der Waals surface area contributed by atoms with E-state index in [-0.39, 0.29) is 17.7 Å². The predicted molar refractivity (Wildman–Crippen MR) is 121 cm³/mol. The van der Waals surface area contributed by atoms with E-state index in [1.807, 2.05) is 13.8 Å². The van der Waals surface area contributed by atoms with Crippen molar-refractivity contribution < 1.29 is 23.8 Å². The molecule has 31 heavy (non-hydrogen) atoms. The largest absolute Gasteiger partial charge is 0.497 e. The normalized spacial score (nSPS) is 11.5. The molecule has 0 saturated carbocycles. The van der Waals surface area contributed by atoms with Gasteiger partial charge < -0.3 is 24.8 Å². The second-order valence-corrected chi connectivity index (χ2v) is 7.48. The first-order chi connectivity index (χ1) is 14.9. The van der Waals surface area contributed by atoms with Crippen LogP contribution >= 0.6 is 0 Å². The molecule has 0 spiro atoms. The molecule has 168 valence electrons. The van der Waals surface area contributed by atoms with Gasteiger partial charge >= 0.3 is 0 Å². The van der Waals surface area contributed by atoms with Crippen molar-refractivity contribution in [3.05, 3.63) is 48.0 Å². The first-order valence-corrected chi connectivity index (χ1v) is 10.5. The van der Waals surface area contributed by atoms with E-state index in [2.05, 4.69) is 17.6 Å². The van der Waals surface area contributed by atoms with Crippen LogP contribution in [0.5, 0.6) is 17.2 Å². The highest BCUT2D eigenvalue weighted by atomic mass is 16.5. The number of benzene rings is 2. The molecule has 2 N–H and O–H groups in total. The summed E-state index contributed by atoms with van der Waals surface area (Å²) in [4.78, 5) is 25.7. The van der Waals surface area contributed by atoms with E-state index in [9.17, 15) is 9.59 Å². The minimum absolute atomic E-state index is 0.128. The van der Waals surface area contributed by atoms with Crippen molar-refractivity contribution in [2.45, 2.75) is 39.7 Å². The Hall–Kier alpha value is -3.22. The number of hydrogen-bond acceptors (Lipinski definition) is 5. The lowest BCUT2D eigenvalue weighted by atomic mass is 10.0. The van der Waals surface area contributed by atoms with E-state index in [1.165, 1.54) is 0 Å². The summed E-state index contributed by atoms with van der Waals surface area (Å²) in [7, 11) is 3.12. The summed E-state index contributed by atoms with van der Waals surface area (Å²) >= 11 is 0. The average Bonchev–Trinajstić information content (AvgIpc) is 2.78. The van der Waals surface area contributed by atoms with Crippen LogP contribution in [-0.2, 0) is 4.79 Å². The van der Waals surface area contributed by atoms with Crippen LogP contribution in [0, 0.1) is 5.92 Å². The van der Waals surface area contributed by atoms with E-state index in [0.717, 1.165) is 12.8 Å². The zero-order valence-corrected chi connectivity index (χ0v) is 18.9. The maximum absolute atomic E-state index is 13.1. The molecule has 0 aliphatic rings. The zero-order chi connectivity index (χ0) is 22.8. The Balaban J connectivity index is 2.16. The molecule has 1 atom stereocenters. The number of methoxy groups -OCH3 is 2. The van der Waals surface area contributed by atoms with Crippen LogP contribution in [0.25, 0.3) is 0 Å². The lowest BCUT2D eigenvalue weighted by Crippen LogP contribution is -2.47. The van der Waals surface area contributed by atoms with Gasteiger partial charge in [0.2, 0.25) is 5.91 Å². The molecule has 7 nitrogen and oxygen atoms in total. The minimum atomic E-state index is -0.732. The van der Waals surface area contributed by atoms with Crippen LogP contribution < -0.4 is 24.8 Å². The standard InChI is InChI=1S/C24H32N2O5/c1-6-7-14-31-21-13-12-19(30-5)15-20(21)25-24(28)22(16(2)3)26-23(27)17-8-10-18(29-4)11-9-17/h8-13,15-16,22H,6-7,14H2,1-5H3,(H,25,28)(H,26,27). The van der Waals surface area contributed by atoms with E-state index in [0.29, 0.717) is 35.1 Å². The van der Waals surface area contributed by atoms with Crippen molar-refractivity contribution >= 4 is 17.5 Å². The highest BCUT2D eigenvalue weighted by Crippen LogP contribution is 2.30. The maximum atomic E-state index is 13.1. The van der Waals surface area contributed by atoms with Gasteiger partial charge in [-0.1, -0.05) is 27.2 Å². The summed E-state index contributed by atoms with van der Waals surface area (Å²) in [6.07, 6.45) is 1.91. The first-order valence-electron chi connectivity index (χ1n) is 10.5. The third kappa shape index (κ3) is 6.91. The van der Waals surface area contributed by atoms with Crippen LogP contribution in [0.15, 0.2) is 42.5 Å². The molecule has 0 heterocycles. The third-order valence-electron chi connectivity index (χ3n) is 4.79. The Bertz CT molecular complexity index is 865. The molecule has 2 rings (SSSR count). The van der Waals surface area contributed by atoms with Gasteiger partial charge in [-0.05, 0) is 48.7 Å². The second-order valence-electron chi connectivity index (χ2n) is 7.48. The van der Waals surface area contributed by atoms with Gasteiger partial charge in [-0.3, -0.25) is 9.59 Å². The minimum Gasteiger partial charge on any atom is -0.497 e. The Kier molecular flexibility index (Phi) is 9.18. The van der Waals surface area contributed by atoms with Crippen molar-refractivity contribution in [1.29, 1.82) is 0 Å². The molecular formula is C24H32N2O5. The number of carbonyl (C=O) groups excluding carboxylic acids is 2. The molecule has 0 bridgehead atoms. The van der Waals surface area contributed by atoms with E-state index >= 15 is 0 Å². The van der Waals surface area contributed by atoms with Crippen LogP contribution in [0.4, 0.5) is 5.69 Å². The third-order valence-corrected chi connectivity index (χ3v) is 4.79. The van der Waals surface area contributed by atoms with E-state index in [1.54, 1.807) is 56.7 Å². The fourth-order valence-electron chi connectivity index (χ4n) is 2.90. The summed E-state index contributed by atoms with van der Waals surface area (Å²) in [5.74, 6) is 1.03. The van der Waals surface area contributed by atoms with Crippen molar-refractivity contribution in [3.8, 4) is 17.2 Å². The van der Waals surface area contributed by atoms with Crippen molar-refractivity contribution in [2.24, 2.45) is 5.92 Å². The molecule has 0 aliphatic carbocycles. The number of unbranched alkanes of at least 4 members (excludes halogenated alkanes) is 1. The molecule has 0 aromatic heterocycles. The molecule has 0 fully saturated rings. The topological polar surface area (TPSA) is 85.9 Å². The van der Waals surface area contributed by atoms with Crippen molar-refractivity contribution in [3.63, 3.8) is 0 Å². The van der Waals surface area contributed by atoms with Gasteiger partial charge in [-0.2, -0.15) is 0 Å². The van der Waals surface area contributed by atoms with E-state index < -0.39 is 6.04 Å². The highest BCUT2D eigenvalue weighted by molar-refractivity contribution is 6.02. The van der Waals surface area contributed by atoms with Crippen molar-refractivity contribution in [2.75, 3.05) is 26.1 Å². The van der Waals surface area contributed by atoms with Crippen LogP contribution in [0.3, 0.4) is 0 Å². The molecule has 0 radical (unpaired) electrons. The number of ether oxygens (including phenoxy) is 3. The summed E-state index contributed by atoms with van der Waals surface area (Å²) in [6.45, 7) is 6.39. The Morgan fingerprint density at radius 1 is 0.968 bits per heavy atom. The summed E-state index contributed by atoms with van der Waals surface area (Å²) in [5.41, 5.74) is 0.953. The van der Waals surface area contributed by atoms with Gasteiger partial charge in [-0.25, -0.2) is 0 Å². The number of hydrogen-bond donors (Lipinski definition) is 2. The molecule has 2 aromatic rings. The average molecular weight is 429 g/mol. The van der Waals surface area contributed by atoms with Crippen LogP contribution in [0.1, 0.15) is 44.0 Å². The molecule has 2 aromatic carbocycles. The molecule has 0 saturated heterocycles. The van der Waals surface area contributed by atoms with Gasteiger partial charge in [0.25, 0.3) is 5.91 Å². The van der Waals surface area contributed by atoms with E-state index in [4.69, 9.17) is 14.2 Å². The quantitative estimate of drug-likeness (QED) is 0.522. The molecule has 1 unspecified atom stereocenters. The van der Waals surface area contributed by atoms with Gasteiger partial charge in [0.1, 0.15) is 23.3 Å². The Morgan fingerprint density at radius 3 is 2.19 bits per heavy atom. The second kappa shape index (κ2) is 11.8. The van der Waals surface area contributed by atoms with Gasteiger partial charge in [0.15, 0.2) is 0 Å². The smallest absolute Gasteiger partial charge is 0.251 e. The van der Waals surface area contributed by atoms with Gasteiger partial charge in [0.05, 0.1) is 26.5 Å². The van der Waals surface area contributed by atoms with Crippen LogP contribution in [-0.4, -0.2) is 38.7 Å². The molecule has 2 amide bonds. The Morgan fingerprint density at radius 2 is 1.61 bits per heavy atom. The summed E-state index contributed by atoms with van der Waals surface area (Å²) in [5, 5.41) is 5.72. The maximum Gasteiger partial charge on any atom is 0.251 e. The van der Waals surface area contributed by atoms with Gasteiger partial charge in [0, 0.05) is 11.6 Å². The lowest BCUT2D eigenvalue weighted by molar-refractivity contribution is -0.118. The molecule has 7 heteroatoms. The highest BCUT2D eigenvalue weighted by Gasteiger charge is 2.26. The predicted octanol–water partition coefficient (Wildman–Crippen LogP) is 4.28. The van der Waals surface area contributed by atoms with Gasteiger partial charge in [-0.15, -0.1) is 0 Å². The number of rotatable bonds is 11. The monoisotopic (exact) mass is 428 g/mol. The summed E-state index contributed by atoms with van der Waals surface area (Å²) in [6, 6.07) is 11.3. The lowest BCUT2D eigenvalue weighted by Gasteiger charge is -2.23. The van der Waals surface area contributed by atoms with Crippen LogP contribution in [0.2, 0.25) is 0 Å². The zero-order valence-electron chi connectivity index (χ0n) is 18.9. The van der Waals surface area contributed by atoms with Crippen molar-refractivity contribution in [1.82, 2.24) is 5.32 Å². The molecule has 0 aliphatic heterocycles. The first kappa shape index (κ1) is 24.1. The Labute approximate surface area is 184 Å². The fourth-order valence-corrected chi connectivity index (χ4v) is 2.90. The number of carbonyl (C=O) groups is 2. The number of nitrogens with one attached hydrogen (secondary N) is 2. The molecular weight excluding hydrogens is 396 g/mol. The SMILES string of the molecule is CCCCOc1ccc(OC)cc1NC(=O)C(NC(=O)c1ccc(OC)cc1)C(C)C. The number of amides is 2. The summed E-state index contributed by atoms with van der Waals surface area (Å²) < 4.78 is 16.2.